The van der Waals surface area contributed by atoms with Crippen LogP contribution in [0.2, 0.25) is 5.02 Å². The Bertz CT molecular complexity index is 782. The van der Waals surface area contributed by atoms with E-state index >= 15 is 0 Å². The van der Waals surface area contributed by atoms with Gasteiger partial charge in [0.05, 0.1) is 6.42 Å². The molecule has 0 aliphatic heterocycles. The van der Waals surface area contributed by atoms with Gasteiger partial charge in [-0.3, -0.25) is 9.59 Å². The van der Waals surface area contributed by atoms with Crippen LogP contribution < -0.4 is 5.32 Å². The molecule has 0 unspecified atom stereocenters. The van der Waals surface area contributed by atoms with Gasteiger partial charge in [-0.05, 0) is 37.1 Å². The Hall–Kier alpha value is -2.40. The van der Waals surface area contributed by atoms with Crippen molar-refractivity contribution in [1.82, 2.24) is 10.2 Å². The first-order valence-electron chi connectivity index (χ1n) is 8.48. The Balaban J connectivity index is 2.27. The Labute approximate surface area is 158 Å². The smallest absolute Gasteiger partial charge is 0.242 e. The zero-order valence-electron chi connectivity index (χ0n) is 14.8. The van der Waals surface area contributed by atoms with Crippen LogP contribution in [0.3, 0.4) is 0 Å². The molecule has 1 atom stereocenters. The maximum atomic E-state index is 13.9. The molecule has 2 aromatic rings. The van der Waals surface area contributed by atoms with Crippen LogP contribution in [-0.2, 0) is 22.6 Å². The van der Waals surface area contributed by atoms with Gasteiger partial charge in [0.2, 0.25) is 11.8 Å². The molecule has 6 heteroatoms. The molecule has 2 aromatic carbocycles. The lowest BCUT2D eigenvalue weighted by Crippen LogP contribution is -2.48. The lowest BCUT2D eigenvalue weighted by Gasteiger charge is -2.29. The number of nitrogens with zero attached hydrogens (tertiary/aromatic N) is 1. The number of halogens is 2. The molecule has 0 aliphatic rings. The molecule has 0 saturated carbocycles. The molecule has 0 radical (unpaired) electrons. The fraction of sp³-hybridized carbons (Fsp3) is 0.300. The summed E-state index contributed by atoms with van der Waals surface area (Å²) in [6.45, 7) is 4.10. The van der Waals surface area contributed by atoms with Gasteiger partial charge in [-0.1, -0.05) is 48.0 Å². The largest absolute Gasteiger partial charge is 0.355 e. The van der Waals surface area contributed by atoms with E-state index in [2.05, 4.69) is 5.32 Å². The van der Waals surface area contributed by atoms with Gasteiger partial charge in [0.1, 0.15) is 11.9 Å². The zero-order valence-corrected chi connectivity index (χ0v) is 15.6. The van der Waals surface area contributed by atoms with Gasteiger partial charge in [0.25, 0.3) is 0 Å². The molecule has 0 bridgehead atoms. The normalized spacial score (nSPS) is 11.7. The van der Waals surface area contributed by atoms with Gasteiger partial charge in [-0.2, -0.15) is 0 Å². The number of amides is 2. The van der Waals surface area contributed by atoms with E-state index in [1.54, 1.807) is 43.3 Å². The van der Waals surface area contributed by atoms with Crippen molar-refractivity contribution >= 4 is 23.4 Å². The second kappa shape index (κ2) is 9.34. The fourth-order valence-electron chi connectivity index (χ4n) is 2.62. The Morgan fingerprint density at radius 2 is 1.73 bits per heavy atom. The fourth-order valence-corrected chi connectivity index (χ4v) is 2.82. The van der Waals surface area contributed by atoms with Crippen LogP contribution in [0.25, 0.3) is 0 Å². The minimum absolute atomic E-state index is 0.124. The quantitative estimate of drug-likeness (QED) is 0.803. The second-order valence-electron chi connectivity index (χ2n) is 5.95. The molecule has 2 rings (SSSR count). The third-order valence-electron chi connectivity index (χ3n) is 4.12. The highest BCUT2D eigenvalue weighted by molar-refractivity contribution is 6.31. The van der Waals surface area contributed by atoms with Crippen LogP contribution in [0.1, 0.15) is 25.0 Å². The van der Waals surface area contributed by atoms with Gasteiger partial charge >= 0.3 is 0 Å². The van der Waals surface area contributed by atoms with E-state index in [1.807, 2.05) is 13.0 Å². The van der Waals surface area contributed by atoms with Crippen LogP contribution in [0.4, 0.5) is 4.39 Å². The van der Waals surface area contributed by atoms with Crippen LogP contribution in [-0.4, -0.2) is 29.3 Å². The average Bonchev–Trinajstić information content (AvgIpc) is 2.62. The standard InChI is InChI=1S/C20H22ClFN2O2/c1-3-23-20(26)14(2)24(13-16-9-4-6-10-17(16)21)19(25)12-15-8-5-7-11-18(15)22/h4-11,14H,3,12-13H2,1-2H3,(H,23,26)/t14-/m1/s1. The van der Waals surface area contributed by atoms with Crippen molar-refractivity contribution in [2.45, 2.75) is 32.9 Å². The van der Waals surface area contributed by atoms with E-state index in [0.717, 1.165) is 5.56 Å². The first-order chi connectivity index (χ1) is 12.4. The van der Waals surface area contributed by atoms with Crippen LogP contribution in [0.5, 0.6) is 0 Å². The first kappa shape index (κ1) is 19.9. The molecule has 138 valence electrons. The van der Waals surface area contributed by atoms with Crippen molar-refractivity contribution in [2.75, 3.05) is 6.54 Å². The maximum Gasteiger partial charge on any atom is 0.242 e. The summed E-state index contributed by atoms with van der Waals surface area (Å²) in [4.78, 5) is 26.6. The van der Waals surface area contributed by atoms with Crippen molar-refractivity contribution in [3.8, 4) is 0 Å². The molecule has 4 nitrogen and oxygen atoms in total. The Kier molecular flexibility index (Phi) is 7.16. The molecule has 1 N–H and O–H groups in total. The van der Waals surface area contributed by atoms with Crippen molar-refractivity contribution in [3.05, 3.63) is 70.5 Å². The minimum Gasteiger partial charge on any atom is -0.355 e. The molecular formula is C20H22ClFN2O2. The predicted molar refractivity (Wildman–Crippen MR) is 100 cm³/mol. The summed E-state index contributed by atoms with van der Waals surface area (Å²) in [7, 11) is 0. The lowest BCUT2D eigenvalue weighted by atomic mass is 10.1. The number of likely N-dealkylation sites (N-methyl/N-ethyl adjacent to an activating group) is 1. The van der Waals surface area contributed by atoms with E-state index in [4.69, 9.17) is 11.6 Å². The molecular weight excluding hydrogens is 355 g/mol. The van der Waals surface area contributed by atoms with Crippen LogP contribution >= 0.6 is 11.6 Å². The Morgan fingerprint density at radius 1 is 1.12 bits per heavy atom. The summed E-state index contributed by atoms with van der Waals surface area (Å²) in [6, 6.07) is 12.6. The molecule has 0 fully saturated rings. The van der Waals surface area contributed by atoms with Crippen molar-refractivity contribution in [2.24, 2.45) is 0 Å². The van der Waals surface area contributed by atoms with Gasteiger partial charge < -0.3 is 10.2 Å². The SMILES string of the molecule is CCNC(=O)[C@@H](C)N(Cc1ccccc1Cl)C(=O)Cc1ccccc1F. The highest BCUT2D eigenvalue weighted by atomic mass is 35.5. The number of carbonyl (C=O) groups is 2. The average molecular weight is 377 g/mol. The topological polar surface area (TPSA) is 49.4 Å². The third kappa shape index (κ3) is 5.05. The lowest BCUT2D eigenvalue weighted by molar-refractivity contribution is -0.140. The molecule has 0 saturated heterocycles. The van der Waals surface area contributed by atoms with Gasteiger partial charge in [-0.15, -0.1) is 0 Å². The summed E-state index contributed by atoms with van der Waals surface area (Å²) >= 11 is 6.21. The number of nitrogens with one attached hydrogen (secondary N) is 1. The Morgan fingerprint density at radius 3 is 2.35 bits per heavy atom. The molecule has 26 heavy (non-hydrogen) atoms. The van der Waals surface area contributed by atoms with E-state index in [0.29, 0.717) is 17.1 Å². The number of benzene rings is 2. The van der Waals surface area contributed by atoms with E-state index < -0.39 is 11.9 Å². The van der Waals surface area contributed by atoms with Gasteiger partial charge in [-0.25, -0.2) is 4.39 Å². The van der Waals surface area contributed by atoms with Crippen LogP contribution in [0.15, 0.2) is 48.5 Å². The van der Waals surface area contributed by atoms with Crippen molar-refractivity contribution in [1.29, 1.82) is 0 Å². The minimum atomic E-state index is -0.703. The summed E-state index contributed by atoms with van der Waals surface area (Å²) in [6.07, 6.45) is -0.124. The molecule has 0 heterocycles. The van der Waals surface area contributed by atoms with Crippen molar-refractivity contribution in [3.63, 3.8) is 0 Å². The summed E-state index contributed by atoms with van der Waals surface area (Å²) < 4.78 is 13.9. The van der Waals surface area contributed by atoms with Crippen molar-refractivity contribution < 1.29 is 14.0 Å². The highest BCUT2D eigenvalue weighted by Gasteiger charge is 2.26. The third-order valence-corrected chi connectivity index (χ3v) is 4.49. The molecule has 0 aromatic heterocycles. The van der Waals surface area contributed by atoms with Crippen LogP contribution in [0, 0.1) is 5.82 Å². The van der Waals surface area contributed by atoms with E-state index in [1.165, 1.54) is 11.0 Å². The summed E-state index contributed by atoms with van der Waals surface area (Å²) in [5.74, 6) is -1.04. The predicted octanol–water partition coefficient (Wildman–Crippen LogP) is 3.58. The zero-order chi connectivity index (χ0) is 19.1. The first-order valence-corrected chi connectivity index (χ1v) is 8.85. The summed E-state index contributed by atoms with van der Waals surface area (Å²) in [5.41, 5.74) is 1.02. The molecule has 2 amide bonds. The summed E-state index contributed by atoms with van der Waals surface area (Å²) in [5, 5.41) is 3.23. The number of hydrogen-bond donors (Lipinski definition) is 1. The molecule has 0 spiro atoms. The number of rotatable bonds is 7. The number of carbonyl (C=O) groups excluding carboxylic acids is 2. The second-order valence-corrected chi connectivity index (χ2v) is 6.36. The highest BCUT2D eigenvalue weighted by Crippen LogP contribution is 2.20. The van der Waals surface area contributed by atoms with E-state index in [-0.39, 0.29) is 24.8 Å². The van der Waals surface area contributed by atoms with E-state index in [9.17, 15) is 14.0 Å². The maximum absolute atomic E-state index is 13.9. The number of hydrogen-bond acceptors (Lipinski definition) is 2. The van der Waals surface area contributed by atoms with Gasteiger partial charge in [0, 0.05) is 18.1 Å². The van der Waals surface area contributed by atoms with Gasteiger partial charge in [0.15, 0.2) is 0 Å². The monoisotopic (exact) mass is 376 g/mol. The molecule has 0 aliphatic carbocycles.